The zero-order chi connectivity index (χ0) is 23.4. The van der Waals surface area contributed by atoms with Crippen LogP contribution in [0.25, 0.3) is 0 Å². The van der Waals surface area contributed by atoms with E-state index in [9.17, 15) is 13.2 Å². The van der Waals surface area contributed by atoms with Gasteiger partial charge in [-0.2, -0.15) is 0 Å². The van der Waals surface area contributed by atoms with Crippen LogP contribution >= 0.6 is 0 Å². The van der Waals surface area contributed by atoms with Gasteiger partial charge in [0.05, 0.1) is 23.7 Å². The Bertz CT molecular complexity index is 1220. The zero-order valence-electron chi connectivity index (χ0n) is 18.5. The van der Waals surface area contributed by atoms with Gasteiger partial charge in [-0.25, -0.2) is 8.42 Å². The summed E-state index contributed by atoms with van der Waals surface area (Å²) in [6, 6.07) is 20.1. The second-order valence-electron chi connectivity index (χ2n) is 7.78. The molecule has 1 aliphatic rings. The van der Waals surface area contributed by atoms with E-state index in [4.69, 9.17) is 9.47 Å². The van der Waals surface area contributed by atoms with Gasteiger partial charge in [-0.05, 0) is 74.0 Å². The predicted molar refractivity (Wildman–Crippen MR) is 128 cm³/mol. The molecule has 0 unspecified atom stereocenters. The van der Waals surface area contributed by atoms with E-state index in [1.54, 1.807) is 54.6 Å². The molecule has 0 saturated heterocycles. The predicted octanol–water partition coefficient (Wildman–Crippen LogP) is 4.70. The van der Waals surface area contributed by atoms with Gasteiger partial charge in [0.25, 0.3) is 15.9 Å². The molecule has 3 aromatic carbocycles. The molecular weight excluding hydrogens is 440 g/mol. The fraction of sp³-hybridized carbons (Fsp3) is 0.240. The topological polar surface area (TPSA) is 84.9 Å². The van der Waals surface area contributed by atoms with Gasteiger partial charge >= 0.3 is 0 Å². The van der Waals surface area contributed by atoms with Crippen LogP contribution in [0.4, 0.5) is 11.4 Å². The quantitative estimate of drug-likeness (QED) is 0.545. The van der Waals surface area contributed by atoms with Crippen molar-refractivity contribution in [2.24, 2.45) is 0 Å². The maximum atomic E-state index is 13.3. The highest BCUT2D eigenvalue weighted by molar-refractivity contribution is 7.92. The molecule has 0 aliphatic carbocycles. The summed E-state index contributed by atoms with van der Waals surface area (Å²) in [6.45, 7) is 4.70. The van der Waals surface area contributed by atoms with E-state index in [-0.39, 0.29) is 23.5 Å². The van der Waals surface area contributed by atoms with Gasteiger partial charge in [-0.1, -0.05) is 19.1 Å². The number of hydrogen-bond acceptors (Lipinski definition) is 5. The largest absolute Gasteiger partial charge is 0.494 e. The minimum Gasteiger partial charge on any atom is -0.494 e. The molecule has 7 nitrogen and oxygen atoms in total. The molecule has 0 radical (unpaired) electrons. The van der Waals surface area contributed by atoms with Gasteiger partial charge in [0, 0.05) is 11.3 Å². The maximum Gasteiger partial charge on any atom is 0.264 e. The van der Waals surface area contributed by atoms with Gasteiger partial charge in [-0.3, -0.25) is 9.10 Å². The SMILES string of the molecule is CCCOc1ccc(C(=O)Nc2ccc(S(=O)(=O)N3C[C@@H](C)Oc4ccccc43)cc2)cc1. The number of nitrogens with zero attached hydrogens (tertiary/aromatic N) is 1. The van der Waals surface area contributed by atoms with Gasteiger partial charge in [-0.15, -0.1) is 0 Å². The van der Waals surface area contributed by atoms with Crippen molar-refractivity contribution in [1.82, 2.24) is 0 Å². The maximum absolute atomic E-state index is 13.3. The van der Waals surface area contributed by atoms with Gasteiger partial charge in [0.2, 0.25) is 0 Å². The third-order valence-corrected chi connectivity index (χ3v) is 6.97. The number of amides is 1. The number of fused-ring (bicyclic) bond motifs is 1. The Kier molecular flexibility index (Phi) is 6.55. The number of nitrogens with one attached hydrogen (secondary N) is 1. The minimum absolute atomic E-state index is 0.141. The molecule has 8 heteroatoms. The van der Waals surface area contributed by atoms with Crippen LogP contribution in [0.15, 0.2) is 77.7 Å². The highest BCUT2D eigenvalue weighted by Gasteiger charge is 2.32. The zero-order valence-corrected chi connectivity index (χ0v) is 19.3. The Morgan fingerprint density at radius 3 is 2.45 bits per heavy atom. The molecule has 172 valence electrons. The molecule has 0 aromatic heterocycles. The number of carbonyl (C=O) groups is 1. The fourth-order valence-corrected chi connectivity index (χ4v) is 5.09. The Hall–Kier alpha value is -3.52. The van der Waals surface area contributed by atoms with Crippen molar-refractivity contribution in [2.75, 3.05) is 22.8 Å². The molecule has 1 aliphatic heterocycles. The van der Waals surface area contributed by atoms with E-state index in [2.05, 4.69) is 5.32 Å². The number of ether oxygens (including phenoxy) is 2. The van der Waals surface area contributed by atoms with Crippen molar-refractivity contribution in [3.63, 3.8) is 0 Å². The Labute approximate surface area is 194 Å². The lowest BCUT2D eigenvalue weighted by atomic mass is 10.2. The second-order valence-corrected chi connectivity index (χ2v) is 9.65. The lowest BCUT2D eigenvalue weighted by Crippen LogP contribution is -2.42. The van der Waals surface area contributed by atoms with Crippen molar-refractivity contribution < 1.29 is 22.7 Å². The molecule has 0 bridgehead atoms. The van der Waals surface area contributed by atoms with E-state index >= 15 is 0 Å². The molecule has 1 amide bonds. The summed E-state index contributed by atoms with van der Waals surface area (Å²) < 4.78 is 39.3. The summed E-state index contributed by atoms with van der Waals surface area (Å²) in [5, 5.41) is 2.79. The average molecular weight is 467 g/mol. The molecule has 33 heavy (non-hydrogen) atoms. The number of anilines is 2. The van der Waals surface area contributed by atoms with E-state index < -0.39 is 10.0 Å². The molecular formula is C25H26N2O5S. The number of para-hydroxylation sites is 2. The molecule has 0 saturated carbocycles. The van der Waals surface area contributed by atoms with Crippen molar-refractivity contribution in [3.8, 4) is 11.5 Å². The minimum atomic E-state index is -3.79. The summed E-state index contributed by atoms with van der Waals surface area (Å²) in [4.78, 5) is 12.7. The average Bonchev–Trinajstić information content (AvgIpc) is 2.82. The molecule has 1 heterocycles. The van der Waals surface area contributed by atoms with Crippen LogP contribution in [0.2, 0.25) is 0 Å². The molecule has 1 atom stereocenters. The van der Waals surface area contributed by atoms with Crippen LogP contribution in [-0.2, 0) is 10.0 Å². The Balaban J connectivity index is 1.48. The van der Waals surface area contributed by atoms with Crippen molar-refractivity contribution in [3.05, 3.63) is 78.4 Å². The van der Waals surface area contributed by atoms with E-state index in [1.807, 2.05) is 19.9 Å². The van der Waals surface area contributed by atoms with Gasteiger partial charge in [0.1, 0.15) is 17.6 Å². The van der Waals surface area contributed by atoms with Gasteiger partial charge in [0.15, 0.2) is 0 Å². The normalized spacial score (nSPS) is 15.3. The number of sulfonamides is 1. The number of carbonyl (C=O) groups excluding carboxylic acids is 1. The highest BCUT2D eigenvalue weighted by Crippen LogP contribution is 2.36. The molecule has 4 rings (SSSR count). The molecule has 1 N–H and O–H groups in total. The third-order valence-electron chi connectivity index (χ3n) is 5.17. The van der Waals surface area contributed by atoms with Crippen molar-refractivity contribution in [2.45, 2.75) is 31.3 Å². The van der Waals surface area contributed by atoms with Crippen LogP contribution in [0.1, 0.15) is 30.6 Å². The number of rotatable bonds is 7. The van der Waals surface area contributed by atoms with Crippen LogP contribution in [0.5, 0.6) is 11.5 Å². The van der Waals surface area contributed by atoms with Crippen LogP contribution in [-0.4, -0.2) is 33.6 Å². The first-order chi connectivity index (χ1) is 15.9. The van der Waals surface area contributed by atoms with Crippen LogP contribution in [0, 0.1) is 0 Å². The Morgan fingerprint density at radius 2 is 1.76 bits per heavy atom. The van der Waals surface area contributed by atoms with E-state index in [0.717, 1.165) is 6.42 Å². The lowest BCUT2D eigenvalue weighted by Gasteiger charge is -2.34. The smallest absolute Gasteiger partial charge is 0.264 e. The summed E-state index contributed by atoms with van der Waals surface area (Å²) >= 11 is 0. The van der Waals surface area contributed by atoms with E-state index in [0.29, 0.717) is 35.0 Å². The van der Waals surface area contributed by atoms with Crippen molar-refractivity contribution in [1.29, 1.82) is 0 Å². The summed E-state index contributed by atoms with van der Waals surface area (Å²) in [5.41, 5.74) is 1.50. The highest BCUT2D eigenvalue weighted by atomic mass is 32.2. The van der Waals surface area contributed by atoms with Gasteiger partial charge < -0.3 is 14.8 Å². The van der Waals surface area contributed by atoms with Crippen LogP contribution < -0.4 is 19.1 Å². The third kappa shape index (κ3) is 4.96. The first kappa shape index (κ1) is 22.7. The first-order valence-electron chi connectivity index (χ1n) is 10.8. The molecule has 0 spiro atoms. The summed E-state index contributed by atoms with van der Waals surface area (Å²) in [7, 11) is -3.79. The summed E-state index contributed by atoms with van der Waals surface area (Å²) in [6.07, 6.45) is 0.636. The van der Waals surface area contributed by atoms with E-state index in [1.165, 1.54) is 16.4 Å². The standard InChI is InChI=1S/C25H26N2O5S/c1-3-16-31-21-12-8-19(9-13-21)25(28)26-20-10-14-22(15-11-20)33(29,30)27-17-18(2)32-24-7-5-4-6-23(24)27/h4-15,18H,3,16-17H2,1-2H3,(H,26,28)/t18-/m1/s1. The lowest BCUT2D eigenvalue weighted by molar-refractivity contribution is 0.102. The fourth-order valence-electron chi connectivity index (χ4n) is 3.54. The number of benzene rings is 3. The second kappa shape index (κ2) is 9.54. The first-order valence-corrected chi connectivity index (χ1v) is 12.2. The van der Waals surface area contributed by atoms with Crippen LogP contribution in [0.3, 0.4) is 0 Å². The number of hydrogen-bond donors (Lipinski definition) is 1. The monoisotopic (exact) mass is 466 g/mol. The molecule has 3 aromatic rings. The van der Waals surface area contributed by atoms with Crippen molar-refractivity contribution >= 4 is 27.3 Å². The molecule has 0 fully saturated rings. The Morgan fingerprint density at radius 1 is 1.06 bits per heavy atom. The summed E-state index contributed by atoms with van der Waals surface area (Å²) in [5.74, 6) is 0.959.